The first kappa shape index (κ1) is 18.6. The first-order valence-electron chi connectivity index (χ1n) is 9.94. The van der Waals surface area contributed by atoms with Crippen LogP contribution in [0.15, 0.2) is 72.9 Å². The molecule has 2 heterocycles. The zero-order valence-corrected chi connectivity index (χ0v) is 18.5. The molecule has 3 aromatic carbocycles. The predicted octanol–water partition coefficient (Wildman–Crippen LogP) is 7.34. The molecule has 0 spiro atoms. The third-order valence-electron chi connectivity index (χ3n) is 5.83. The van der Waals surface area contributed by atoms with Crippen molar-refractivity contribution in [3.63, 3.8) is 0 Å². The fraction of sp³-hybridized carbons (Fsp3) is 0.160. The minimum Gasteiger partial charge on any atom is -0.294 e. The minimum atomic E-state index is 0. The molecule has 4 heteroatoms. The standard InChI is InChI=1S/C25H20N2S.BrH/c1-2-6-20-15-21(14-11-17(20)5-1)18-9-12-19(13-10-18)22-16-27-23-7-3-4-8-24(23)28-25(27)26-22;/h1-2,5-6,9-16H,3-4,7-8H2;1H. The Balaban J connectivity index is 0.00000181. The summed E-state index contributed by atoms with van der Waals surface area (Å²) in [5.74, 6) is 0. The lowest BCUT2D eigenvalue weighted by molar-refractivity contribution is 0.674. The van der Waals surface area contributed by atoms with Gasteiger partial charge in [0.05, 0.1) is 5.69 Å². The number of aromatic nitrogens is 2. The van der Waals surface area contributed by atoms with Crippen LogP contribution in [0.25, 0.3) is 38.1 Å². The highest BCUT2D eigenvalue weighted by molar-refractivity contribution is 8.93. The molecule has 29 heavy (non-hydrogen) atoms. The second kappa shape index (κ2) is 7.43. The molecule has 6 rings (SSSR count). The normalized spacial score (nSPS) is 13.4. The van der Waals surface area contributed by atoms with E-state index in [0.29, 0.717) is 0 Å². The van der Waals surface area contributed by atoms with E-state index in [1.54, 1.807) is 0 Å². The van der Waals surface area contributed by atoms with Gasteiger partial charge in [-0.1, -0.05) is 60.7 Å². The van der Waals surface area contributed by atoms with Crippen molar-refractivity contribution < 1.29 is 0 Å². The van der Waals surface area contributed by atoms with E-state index >= 15 is 0 Å². The number of hydrogen-bond donors (Lipinski definition) is 0. The molecule has 0 bridgehead atoms. The Labute approximate surface area is 184 Å². The Morgan fingerprint density at radius 2 is 1.48 bits per heavy atom. The summed E-state index contributed by atoms with van der Waals surface area (Å²) in [7, 11) is 0. The van der Waals surface area contributed by atoms with Crippen molar-refractivity contribution in [1.82, 2.24) is 9.38 Å². The van der Waals surface area contributed by atoms with E-state index in [2.05, 4.69) is 77.3 Å². The molecular formula is C25H21BrN2S. The lowest BCUT2D eigenvalue weighted by Crippen LogP contribution is -2.01. The van der Waals surface area contributed by atoms with E-state index in [1.165, 1.54) is 63.7 Å². The van der Waals surface area contributed by atoms with Gasteiger partial charge in [0.1, 0.15) is 0 Å². The summed E-state index contributed by atoms with van der Waals surface area (Å²) in [6.07, 6.45) is 7.25. The molecule has 2 aromatic heterocycles. The van der Waals surface area contributed by atoms with E-state index in [4.69, 9.17) is 4.98 Å². The van der Waals surface area contributed by atoms with Crippen molar-refractivity contribution in [2.75, 3.05) is 0 Å². The first-order valence-corrected chi connectivity index (χ1v) is 10.8. The monoisotopic (exact) mass is 460 g/mol. The van der Waals surface area contributed by atoms with Gasteiger partial charge in [0.25, 0.3) is 0 Å². The lowest BCUT2D eigenvalue weighted by Gasteiger charge is -2.09. The van der Waals surface area contributed by atoms with Gasteiger partial charge in [-0.3, -0.25) is 4.40 Å². The number of aryl methyl sites for hydroxylation is 2. The van der Waals surface area contributed by atoms with Crippen LogP contribution in [0.4, 0.5) is 0 Å². The van der Waals surface area contributed by atoms with Gasteiger partial charge in [-0.05, 0) is 53.6 Å². The molecular weight excluding hydrogens is 440 g/mol. The quantitative estimate of drug-likeness (QED) is 0.269. The van der Waals surface area contributed by atoms with Crippen molar-refractivity contribution >= 4 is 44.1 Å². The number of halogens is 1. The van der Waals surface area contributed by atoms with Gasteiger partial charge < -0.3 is 0 Å². The van der Waals surface area contributed by atoms with E-state index < -0.39 is 0 Å². The average Bonchev–Trinajstić information content (AvgIpc) is 3.32. The minimum absolute atomic E-state index is 0. The molecule has 0 saturated heterocycles. The fourth-order valence-electron chi connectivity index (χ4n) is 4.31. The third-order valence-corrected chi connectivity index (χ3v) is 6.99. The summed E-state index contributed by atoms with van der Waals surface area (Å²) in [5, 5.41) is 2.56. The van der Waals surface area contributed by atoms with Crippen LogP contribution in [0.1, 0.15) is 23.4 Å². The van der Waals surface area contributed by atoms with Gasteiger partial charge in [0, 0.05) is 22.3 Å². The van der Waals surface area contributed by atoms with Crippen LogP contribution in [0.2, 0.25) is 0 Å². The Morgan fingerprint density at radius 3 is 2.34 bits per heavy atom. The van der Waals surface area contributed by atoms with Crippen LogP contribution in [-0.4, -0.2) is 9.38 Å². The van der Waals surface area contributed by atoms with E-state index in [0.717, 1.165) is 10.7 Å². The molecule has 0 saturated carbocycles. The van der Waals surface area contributed by atoms with Crippen LogP contribution in [0, 0.1) is 0 Å². The summed E-state index contributed by atoms with van der Waals surface area (Å²) >= 11 is 1.87. The second-order valence-corrected chi connectivity index (χ2v) is 8.66. The molecule has 0 fully saturated rings. The SMILES string of the molecule is Br.c1ccc2cc(-c3ccc(-c4cn5c6c(sc5n4)CCCC6)cc3)ccc2c1. The van der Waals surface area contributed by atoms with Gasteiger partial charge in [0.2, 0.25) is 0 Å². The summed E-state index contributed by atoms with van der Waals surface area (Å²) in [5.41, 5.74) is 6.24. The molecule has 0 atom stereocenters. The smallest absolute Gasteiger partial charge is 0.194 e. The van der Waals surface area contributed by atoms with Crippen molar-refractivity contribution in [3.8, 4) is 22.4 Å². The lowest BCUT2D eigenvalue weighted by atomic mass is 10.00. The zero-order valence-electron chi connectivity index (χ0n) is 16.0. The number of fused-ring (bicyclic) bond motifs is 4. The second-order valence-electron chi connectivity index (χ2n) is 7.60. The highest BCUT2D eigenvalue weighted by Crippen LogP contribution is 2.33. The molecule has 0 N–H and O–H groups in total. The number of nitrogens with zero attached hydrogens (tertiary/aromatic N) is 2. The Morgan fingerprint density at radius 1 is 0.759 bits per heavy atom. The third kappa shape index (κ3) is 3.21. The van der Waals surface area contributed by atoms with E-state index in [1.807, 2.05) is 11.3 Å². The average molecular weight is 461 g/mol. The molecule has 0 aliphatic heterocycles. The largest absolute Gasteiger partial charge is 0.294 e. The van der Waals surface area contributed by atoms with E-state index in [9.17, 15) is 0 Å². The van der Waals surface area contributed by atoms with Crippen molar-refractivity contribution in [3.05, 3.63) is 83.5 Å². The molecule has 1 aliphatic rings. The summed E-state index contributed by atoms with van der Waals surface area (Å²) in [6, 6.07) is 24.0. The van der Waals surface area contributed by atoms with Crippen LogP contribution in [-0.2, 0) is 12.8 Å². The summed E-state index contributed by atoms with van der Waals surface area (Å²) < 4.78 is 2.33. The first-order chi connectivity index (χ1) is 13.8. The molecule has 5 aromatic rings. The van der Waals surface area contributed by atoms with Gasteiger partial charge in [0.15, 0.2) is 4.96 Å². The van der Waals surface area contributed by atoms with Crippen molar-refractivity contribution in [1.29, 1.82) is 0 Å². The number of thiazole rings is 1. The van der Waals surface area contributed by atoms with Crippen molar-refractivity contribution in [2.24, 2.45) is 0 Å². The Kier molecular flexibility index (Phi) is 4.76. The number of benzene rings is 3. The predicted molar refractivity (Wildman–Crippen MR) is 128 cm³/mol. The molecule has 0 radical (unpaired) electrons. The Bertz CT molecular complexity index is 1310. The van der Waals surface area contributed by atoms with Gasteiger partial charge in [-0.25, -0.2) is 4.98 Å². The zero-order chi connectivity index (χ0) is 18.5. The molecule has 144 valence electrons. The number of hydrogen-bond acceptors (Lipinski definition) is 2. The summed E-state index contributed by atoms with van der Waals surface area (Å²) in [6.45, 7) is 0. The van der Waals surface area contributed by atoms with Gasteiger partial charge in [-0.15, -0.1) is 28.3 Å². The topological polar surface area (TPSA) is 17.3 Å². The molecule has 0 unspecified atom stereocenters. The molecule has 0 amide bonds. The molecule has 1 aliphatic carbocycles. The maximum atomic E-state index is 4.91. The maximum absolute atomic E-state index is 4.91. The van der Waals surface area contributed by atoms with Gasteiger partial charge >= 0.3 is 0 Å². The van der Waals surface area contributed by atoms with Gasteiger partial charge in [-0.2, -0.15) is 0 Å². The number of rotatable bonds is 2. The van der Waals surface area contributed by atoms with Crippen LogP contribution in [0.3, 0.4) is 0 Å². The highest BCUT2D eigenvalue weighted by atomic mass is 79.9. The van der Waals surface area contributed by atoms with Crippen LogP contribution in [0.5, 0.6) is 0 Å². The maximum Gasteiger partial charge on any atom is 0.194 e. The van der Waals surface area contributed by atoms with Crippen LogP contribution >= 0.6 is 28.3 Å². The fourth-order valence-corrected chi connectivity index (χ4v) is 5.50. The van der Waals surface area contributed by atoms with Crippen molar-refractivity contribution in [2.45, 2.75) is 25.7 Å². The van der Waals surface area contributed by atoms with Crippen LogP contribution < -0.4 is 0 Å². The van der Waals surface area contributed by atoms with E-state index in [-0.39, 0.29) is 17.0 Å². The Hall–Kier alpha value is -2.43. The highest BCUT2D eigenvalue weighted by Gasteiger charge is 2.18. The summed E-state index contributed by atoms with van der Waals surface area (Å²) in [4.78, 5) is 7.59. The number of imidazole rings is 1. The molecule has 2 nitrogen and oxygen atoms in total.